The highest BCUT2D eigenvalue weighted by molar-refractivity contribution is 8.26. The first-order chi connectivity index (χ1) is 15.0. The van der Waals surface area contributed by atoms with E-state index in [0.717, 1.165) is 17.7 Å². The average molecular weight is 458 g/mol. The smallest absolute Gasteiger partial charge is 0.263 e. The Balaban J connectivity index is 1.57. The third-order valence-corrected chi connectivity index (χ3v) is 6.04. The lowest BCUT2D eigenvalue weighted by Crippen LogP contribution is -2.17. The fourth-order valence-electron chi connectivity index (χ4n) is 3.01. The maximum atomic E-state index is 11.9. The van der Waals surface area contributed by atoms with Crippen molar-refractivity contribution in [3.63, 3.8) is 0 Å². The number of carbonyl (C=O) groups excluding carboxylic acids is 1. The van der Waals surface area contributed by atoms with Crippen LogP contribution in [0.5, 0.6) is 17.2 Å². The Labute approximate surface area is 193 Å². The predicted octanol–water partition coefficient (Wildman–Crippen LogP) is 5.55. The SMILES string of the molecule is CCOc1cc(C=C2SC(=S)NC2=O)ccc1OCCOc1ccc(C(C)CC)cc1. The van der Waals surface area contributed by atoms with E-state index in [1.807, 2.05) is 37.3 Å². The summed E-state index contributed by atoms with van der Waals surface area (Å²) in [5, 5.41) is 2.61. The van der Waals surface area contributed by atoms with E-state index >= 15 is 0 Å². The van der Waals surface area contributed by atoms with Crippen molar-refractivity contribution in [2.75, 3.05) is 19.8 Å². The van der Waals surface area contributed by atoms with Gasteiger partial charge in [0.05, 0.1) is 11.5 Å². The summed E-state index contributed by atoms with van der Waals surface area (Å²) < 4.78 is 17.9. The number of carbonyl (C=O) groups is 1. The van der Waals surface area contributed by atoms with Crippen molar-refractivity contribution in [2.45, 2.75) is 33.1 Å². The molecule has 7 heteroatoms. The van der Waals surface area contributed by atoms with Crippen LogP contribution in [-0.4, -0.2) is 30.0 Å². The van der Waals surface area contributed by atoms with E-state index in [-0.39, 0.29) is 5.91 Å². The molecule has 1 fully saturated rings. The van der Waals surface area contributed by atoms with Crippen LogP contribution in [0.1, 0.15) is 44.2 Å². The molecule has 0 bridgehead atoms. The highest BCUT2D eigenvalue weighted by Crippen LogP contribution is 2.32. The molecule has 1 heterocycles. The number of amides is 1. The molecule has 0 aromatic heterocycles. The third-order valence-electron chi connectivity index (χ3n) is 4.88. The number of benzene rings is 2. The Morgan fingerprint density at radius 1 is 1.03 bits per heavy atom. The Kier molecular flexibility index (Phi) is 8.37. The molecule has 0 aliphatic carbocycles. The van der Waals surface area contributed by atoms with Crippen LogP contribution >= 0.6 is 24.0 Å². The second kappa shape index (κ2) is 11.2. The molecule has 1 unspecified atom stereocenters. The van der Waals surface area contributed by atoms with Crippen LogP contribution in [-0.2, 0) is 4.79 Å². The summed E-state index contributed by atoms with van der Waals surface area (Å²) in [7, 11) is 0. The number of ether oxygens (including phenoxy) is 3. The molecule has 1 amide bonds. The third kappa shape index (κ3) is 6.48. The fraction of sp³-hybridized carbons (Fsp3) is 0.333. The Hall–Kier alpha value is -2.51. The normalized spacial score (nSPS) is 15.6. The molecular weight excluding hydrogens is 430 g/mol. The largest absolute Gasteiger partial charge is 0.490 e. The van der Waals surface area contributed by atoms with Crippen LogP contribution in [0.2, 0.25) is 0 Å². The Bertz CT molecular complexity index is 957. The van der Waals surface area contributed by atoms with E-state index in [1.54, 1.807) is 6.08 Å². The molecule has 2 aromatic carbocycles. The van der Waals surface area contributed by atoms with Crippen LogP contribution in [0.4, 0.5) is 0 Å². The second-order valence-electron chi connectivity index (χ2n) is 7.07. The zero-order chi connectivity index (χ0) is 22.2. The predicted molar refractivity (Wildman–Crippen MR) is 130 cm³/mol. The van der Waals surface area contributed by atoms with Gasteiger partial charge in [0.1, 0.15) is 23.3 Å². The molecule has 1 atom stereocenters. The van der Waals surface area contributed by atoms with Crippen molar-refractivity contribution in [2.24, 2.45) is 0 Å². The maximum absolute atomic E-state index is 11.9. The van der Waals surface area contributed by atoms with Crippen molar-refractivity contribution in [1.29, 1.82) is 0 Å². The van der Waals surface area contributed by atoms with Gasteiger partial charge in [-0.25, -0.2) is 0 Å². The molecule has 3 rings (SSSR count). The molecule has 164 valence electrons. The van der Waals surface area contributed by atoms with Gasteiger partial charge in [0.2, 0.25) is 0 Å². The summed E-state index contributed by atoms with van der Waals surface area (Å²) in [5.41, 5.74) is 2.16. The van der Waals surface area contributed by atoms with Gasteiger partial charge in [-0.05, 0) is 60.7 Å². The first-order valence-corrected chi connectivity index (χ1v) is 11.6. The first kappa shape index (κ1) is 23.2. The van der Waals surface area contributed by atoms with Crippen LogP contribution in [0.15, 0.2) is 47.4 Å². The van der Waals surface area contributed by atoms with Crippen LogP contribution in [0, 0.1) is 0 Å². The summed E-state index contributed by atoms with van der Waals surface area (Å²) in [6.07, 6.45) is 2.91. The van der Waals surface area contributed by atoms with E-state index in [2.05, 4.69) is 31.3 Å². The average Bonchev–Trinajstić information content (AvgIpc) is 3.09. The minimum atomic E-state index is -0.178. The van der Waals surface area contributed by atoms with Crippen LogP contribution < -0.4 is 19.5 Å². The lowest BCUT2D eigenvalue weighted by atomic mass is 9.99. The van der Waals surface area contributed by atoms with Crippen molar-refractivity contribution in [3.05, 3.63) is 58.5 Å². The van der Waals surface area contributed by atoms with Gasteiger partial charge in [-0.1, -0.05) is 56.0 Å². The molecule has 5 nitrogen and oxygen atoms in total. The lowest BCUT2D eigenvalue weighted by molar-refractivity contribution is -0.115. The molecule has 1 aliphatic heterocycles. The van der Waals surface area contributed by atoms with Gasteiger partial charge in [0, 0.05) is 0 Å². The van der Waals surface area contributed by atoms with Crippen molar-refractivity contribution in [3.8, 4) is 17.2 Å². The number of nitrogens with one attached hydrogen (secondary N) is 1. The number of thiocarbonyl (C=S) groups is 1. The summed E-state index contributed by atoms with van der Waals surface area (Å²) in [6.45, 7) is 7.65. The lowest BCUT2D eigenvalue weighted by Gasteiger charge is -2.14. The monoisotopic (exact) mass is 457 g/mol. The van der Waals surface area contributed by atoms with E-state index in [1.165, 1.54) is 17.3 Å². The number of hydrogen-bond acceptors (Lipinski definition) is 6. The van der Waals surface area contributed by atoms with E-state index < -0.39 is 0 Å². The molecule has 1 saturated heterocycles. The van der Waals surface area contributed by atoms with Crippen LogP contribution in [0.25, 0.3) is 6.08 Å². The Morgan fingerprint density at radius 2 is 1.77 bits per heavy atom. The molecule has 2 aromatic rings. The van der Waals surface area contributed by atoms with Gasteiger partial charge in [0.25, 0.3) is 5.91 Å². The number of hydrogen-bond donors (Lipinski definition) is 1. The Morgan fingerprint density at radius 3 is 2.42 bits per heavy atom. The van der Waals surface area contributed by atoms with Gasteiger partial charge >= 0.3 is 0 Å². The molecule has 1 N–H and O–H groups in total. The van der Waals surface area contributed by atoms with Crippen molar-refractivity contribution < 1.29 is 19.0 Å². The molecule has 31 heavy (non-hydrogen) atoms. The number of thioether (sulfide) groups is 1. The summed E-state index contributed by atoms with van der Waals surface area (Å²) in [5.74, 6) is 2.46. The van der Waals surface area contributed by atoms with E-state index in [4.69, 9.17) is 26.4 Å². The van der Waals surface area contributed by atoms with Gasteiger partial charge in [-0.2, -0.15) is 0 Å². The van der Waals surface area contributed by atoms with E-state index in [0.29, 0.717) is 46.5 Å². The van der Waals surface area contributed by atoms with Gasteiger partial charge in [0.15, 0.2) is 11.5 Å². The summed E-state index contributed by atoms with van der Waals surface area (Å²) >= 11 is 6.28. The van der Waals surface area contributed by atoms with Gasteiger partial charge in [-0.3, -0.25) is 4.79 Å². The quantitative estimate of drug-likeness (QED) is 0.287. The fourth-order valence-corrected chi connectivity index (χ4v) is 4.06. The molecule has 0 saturated carbocycles. The zero-order valence-corrected chi connectivity index (χ0v) is 19.6. The topological polar surface area (TPSA) is 56.8 Å². The molecular formula is C24H27NO4S2. The van der Waals surface area contributed by atoms with Crippen molar-refractivity contribution in [1.82, 2.24) is 5.32 Å². The van der Waals surface area contributed by atoms with Gasteiger partial charge in [-0.15, -0.1) is 0 Å². The zero-order valence-electron chi connectivity index (χ0n) is 18.0. The van der Waals surface area contributed by atoms with Crippen molar-refractivity contribution >= 4 is 40.3 Å². The minimum Gasteiger partial charge on any atom is -0.490 e. The maximum Gasteiger partial charge on any atom is 0.263 e. The molecule has 1 aliphatic rings. The first-order valence-electron chi connectivity index (χ1n) is 10.4. The second-order valence-corrected chi connectivity index (χ2v) is 8.79. The summed E-state index contributed by atoms with van der Waals surface area (Å²) in [6, 6.07) is 13.8. The summed E-state index contributed by atoms with van der Waals surface area (Å²) in [4.78, 5) is 12.4. The molecule has 0 spiro atoms. The van der Waals surface area contributed by atoms with E-state index in [9.17, 15) is 4.79 Å². The minimum absolute atomic E-state index is 0.178. The van der Waals surface area contributed by atoms with Crippen LogP contribution in [0.3, 0.4) is 0 Å². The standard InChI is InChI=1S/C24H27NO4S2/c1-4-16(3)18-7-9-19(10-8-18)28-12-13-29-20-11-6-17(14-21(20)27-5-2)15-22-23(26)25-24(30)31-22/h6-11,14-16H,4-5,12-13H2,1-3H3,(H,25,26,30). The molecule has 0 radical (unpaired) electrons. The number of rotatable bonds is 10. The highest BCUT2D eigenvalue weighted by Gasteiger charge is 2.22. The highest BCUT2D eigenvalue weighted by atomic mass is 32.2. The van der Waals surface area contributed by atoms with Gasteiger partial charge < -0.3 is 19.5 Å².